The minimum atomic E-state index is 0.00378. The van der Waals surface area contributed by atoms with Gasteiger partial charge < -0.3 is 20.0 Å². The van der Waals surface area contributed by atoms with Crippen molar-refractivity contribution in [1.29, 1.82) is 0 Å². The molecule has 0 saturated carbocycles. The van der Waals surface area contributed by atoms with Crippen LogP contribution < -0.4 is 15.1 Å². The molecule has 2 saturated heterocycles. The minimum absolute atomic E-state index is 0.00378. The Morgan fingerprint density at radius 1 is 0.759 bits per heavy atom. The Kier molecular flexibility index (Phi) is 5.65. The van der Waals surface area contributed by atoms with Gasteiger partial charge in [0, 0.05) is 56.3 Å². The summed E-state index contributed by atoms with van der Waals surface area (Å²) in [4.78, 5) is 19.5. The fraction of sp³-hybridized carbons (Fsp3) is 0.458. The normalized spacial score (nSPS) is 17.0. The van der Waals surface area contributed by atoms with Crippen LogP contribution in [0.1, 0.15) is 29.5 Å². The molecule has 0 aromatic heterocycles. The smallest absolute Gasteiger partial charge is 0.321 e. The van der Waals surface area contributed by atoms with Crippen LogP contribution in [0, 0.1) is 20.8 Å². The van der Waals surface area contributed by atoms with Crippen molar-refractivity contribution >= 4 is 23.1 Å². The number of rotatable bonds is 3. The molecule has 0 radical (unpaired) electrons. The largest absolute Gasteiger partial charge is 0.372 e. The zero-order valence-electron chi connectivity index (χ0n) is 17.9. The Hall–Kier alpha value is -2.69. The first kappa shape index (κ1) is 19.6. The van der Waals surface area contributed by atoms with E-state index in [-0.39, 0.29) is 6.03 Å². The quantitative estimate of drug-likeness (QED) is 0.832. The van der Waals surface area contributed by atoms with Gasteiger partial charge in [0.1, 0.15) is 0 Å². The van der Waals surface area contributed by atoms with Gasteiger partial charge in [-0.2, -0.15) is 0 Å². The molecule has 2 aliphatic heterocycles. The van der Waals surface area contributed by atoms with Gasteiger partial charge >= 0.3 is 6.03 Å². The second kappa shape index (κ2) is 8.36. The highest BCUT2D eigenvalue weighted by atomic mass is 16.2. The Morgan fingerprint density at radius 3 is 1.76 bits per heavy atom. The van der Waals surface area contributed by atoms with Crippen molar-refractivity contribution in [3.05, 3.63) is 53.1 Å². The highest BCUT2D eigenvalue weighted by Gasteiger charge is 2.22. The molecule has 0 aliphatic carbocycles. The number of hydrogen-bond acceptors (Lipinski definition) is 3. The molecule has 5 heteroatoms. The van der Waals surface area contributed by atoms with E-state index in [0.717, 1.165) is 43.0 Å². The third-order valence-electron chi connectivity index (χ3n) is 6.16. The van der Waals surface area contributed by atoms with Gasteiger partial charge in [0.2, 0.25) is 0 Å². The van der Waals surface area contributed by atoms with Crippen molar-refractivity contribution in [1.82, 2.24) is 4.90 Å². The maximum atomic E-state index is 12.8. The second-order valence-electron chi connectivity index (χ2n) is 8.39. The molecule has 154 valence electrons. The molecule has 2 aromatic rings. The van der Waals surface area contributed by atoms with E-state index in [1.165, 1.54) is 42.9 Å². The molecule has 5 nitrogen and oxygen atoms in total. The zero-order valence-corrected chi connectivity index (χ0v) is 17.9. The lowest BCUT2D eigenvalue weighted by Gasteiger charge is -2.36. The van der Waals surface area contributed by atoms with Crippen molar-refractivity contribution in [2.75, 3.05) is 54.4 Å². The van der Waals surface area contributed by atoms with Crippen LogP contribution >= 0.6 is 0 Å². The van der Waals surface area contributed by atoms with Gasteiger partial charge in [-0.3, -0.25) is 0 Å². The van der Waals surface area contributed by atoms with Crippen LogP contribution in [0.25, 0.3) is 0 Å². The van der Waals surface area contributed by atoms with Crippen LogP contribution in [0.5, 0.6) is 0 Å². The lowest BCUT2D eigenvalue weighted by Crippen LogP contribution is -2.50. The molecule has 2 heterocycles. The maximum Gasteiger partial charge on any atom is 0.321 e. The number of aryl methyl sites for hydroxylation is 3. The lowest BCUT2D eigenvalue weighted by atomic mass is 10.1. The van der Waals surface area contributed by atoms with Crippen molar-refractivity contribution in [2.24, 2.45) is 0 Å². The molecule has 0 spiro atoms. The molecule has 0 unspecified atom stereocenters. The van der Waals surface area contributed by atoms with Gasteiger partial charge in [0.05, 0.1) is 0 Å². The SMILES string of the molecule is Cc1cc(C)c(NC(=O)N2CCN(c3ccc(N4CCCC4)cc3)CC2)c(C)c1. The Balaban J connectivity index is 1.34. The maximum absolute atomic E-state index is 12.8. The van der Waals surface area contributed by atoms with Crippen LogP contribution in [0.2, 0.25) is 0 Å². The van der Waals surface area contributed by atoms with Crippen molar-refractivity contribution in [3.63, 3.8) is 0 Å². The van der Waals surface area contributed by atoms with E-state index in [2.05, 4.69) is 72.3 Å². The monoisotopic (exact) mass is 392 g/mol. The highest BCUT2D eigenvalue weighted by Crippen LogP contribution is 2.25. The van der Waals surface area contributed by atoms with Gasteiger partial charge in [0.25, 0.3) is 0 Å². The van der Waals surface area contributed by atoms with Crippen LogP contribution in [-0.2, 0) is 0 Å². The van der Waals surface area contributed by atoms with Gasteiger partial charge in [-0.25, -0.2) is 4.79 Å². The number of benzene rings is 2. The molecular weight excluding hydrogens is 360 g/mol. The van der Waals surface area contributed by atoms with E-state index in [0.29, 0.717) is 0 Å². The first-order valence-electron chi connectivity index (χ1n) is 10.7. The van der Waals surface area contributed by atoms with Crippen LogP contribution in [0.3, 0.4) is 0 Å². The molecule has 4 rings (SSSR count). The Bertz CT molecular complexity index is 840. The summed E-state index contributed by atoms with van der Waals surface area (Å²) in [5, 5.41) is 3.13. The number of piperazine rings is 1. The number of urea groups is 1. The van der Waals surface area contributed by atoms with Crippen molar-refractivity contribution < 1.29 is 4.79 Å². The summed E-state index contributed by atoms with van der Waals surface area (Å²) >= 11 is 0. The topological polar surface area (TPSA) is 38.8 Å². The summed E-state index contributed by atoms with van der Waals surface area (Å²) in [6.07, 6.45) is 2.60. The molecule has 2 amide bonds. The molecule has 2 aromatic carbocycles. The Labute approximate surface area is 174 Å². The summed E-state index contributed by atoms with van der Waals surface area (Å²) in [5.74, 6) is 0. The summed E-state index contributed by atoms with van der Waals surface area (Å²) in [7, 11) is 0. The van der Waals surface area contributed by atoms with Crippen LogP contribution in [0.15, 0.2) is 36.4 Å². The van der Waals surface area contributed by atoms with E-state index in [4.69, 9.17) is 0 Å². The average Bonchev–Trinajstić information content (AvgIpc) is 3.26. The summed E-state index contributed by atoms with van der Waals surface area (Å²) in [6.45, 7) is 11.7. The molecule has 29 heavy (non-hydrogen) atoms. The fourth-order valence-corrected chi connectivity index (χ4v) is 4.58. The third-order valence-corrected chi connectivity index (χ3v) is 6.16. The van der Waals surface area contributed by atoms with Gasteiger partial charge in [-0.1, -0.05) is 17.7 Å². The van der Waals surface area contributed by atoms with E-state index >= 15 is 0 Å². The molecule has 2 aliphatic rings. The van der Waals surface area contributed by atoms with E-state index < -0.39 is 0 Å². The zero-order chi connectivity index (χ0) is 20.4. The summed E-state index contributed by atoms with van der Waals surface area (Å²) in [6, 6.07) is 13.2. The molecular formula is C24H32N4O. The second-order valence-corrected chi connectivity index (χ2v) is 8.39. The predicted molar refractivity (Wildman–Crippen MR) is 121 cm³/mol. The van der Waals surface area contributed by atoms with Crippen LogP contribution in [-0.4, -0.2) is 50.2 Å². The number of nitrogens with zero attached hydrogens (tertiary/aromatic N) is 3. The van der Waals surface area contributed by atoms with Gasteiger partial charge in [0.15, 0.2) is 0 Å². The number of anilines is 3. The molecule has 1 N–H and O–H groups in total. The van der Waals surface area contributed by atoms with Gasteiger partial charge in [-0.15, -0.1) is 0 Å². The number of nitrogens with one attached hydrogen (secondary N) is 1. The Morgan fingerprint density at radius 2 is 1.24 bits per heavy atom. The molecule has 0 atom stereocenters. The van der Waals surface area contributed by atoms with E-state index in [1.807, 2.05) is 4.90 Å². The first-order valence-corrected chi connectivity index (χ1v) is 10.7. The third kappa shape index (κ3) is 4.34. The molecule has 2 fully saturated rings. The number of carbonyl (C=O) groups excluding carboxylic acids is 1. The fourth-order valence-electron chi connectivity index (χ4n) is 4.58. The van der Waals surface area contributed by atoms with Crippen molar-refractivity contribution in [2.45, 2.75) is 33.6 Å². The van der Waals surface area contributed by atoms with Crippen molar-refractivity contribution in [3.8, 4) is 0 Å². The first-order chi connectivity index (χ1) is 14.0. The number of amides is 2. The number of carbonyl (C=O) groups is 1. The summed E-state index contributed by atoms with van der Waals surface area (Å²) < 4.78 is 0. The predicted octanol–water partition coefficient (Wildman–Crippen LogP) is 4.57. The van der Waals surface area contributed by atoms with E-state index in [1.54, 1.807) is 0 Å². The highest BCUT2D eigenvalue weighted by molar-refractivity contribution is 5.91. The van der Waals surface area contributed by atoms with Crippen LogP contribution in [0.4, 0.5) is 21.9 Å². The van der Waals surface area contributed by atoms with Gasteiger partial charge in [-0.05, 0) is 69.0 Å². The molecule has 0 bridgehead atoms. The minimum Gasteiger partial charge on any atom is -0.372 e. The standard InChI is InChI=1S/C24H32N4O/c1-18-16-19(2)23(20(3)17-18)25-24(29)28-14-12-27(13-15-28)22-8-6-21(7-9-22)26-10-4-5-11-26/h6-9,16-17H,4-5,10-15H2,1-3H3,(H,25,29). The number of hydrogen-bond donors (Lipinski definition) is 1. The summed E-state index contributed by atoms with van der Waals surface area (Å²) in [5.41, 5.74) is 6.98. The lowest BCUT2D eigenvalue weighted by molar-refractivity contribution is 0.208. The van der Waals surface area contributed by atoms with E-state index in [9.17, 15) is 4.79 Å². The average molecular weight is 393 g/mol.